The molecule has 3 heteroatoms. The van der Waals surface area contributed by atoms with Gasteiger partial charge >= 0.3 is 0 Å². The summed E-state index contributed by atoms with van der Waals surface area (Å²) in [4.78, 5) is 12.2. The Balaban J connectivity index is 2.07. The first-order valence-corrected chi connectivity index (χ1v) is 7.24. The second kappa shape index (κ2) is 5.04. The highest BCUT2D eigenvalue weighted by molar-refractivity contribution is 9.10. The van der Waals surface area contributed by atoms with Crippen molar-refractivity contribution in [1.82, 2.24) is 5.32 Å². The van der Waals surface area contributed by atoms with E-state index in [2.05, 4.69) is 35.1 Å². The first kappa shape index (κ1) is 13.6. The number of hydrogen-bond acceptors (Lipinski definition) is 1. The molecule has 1 saturated carbocycles. The lowest BCUT2D eigenvalue weighted by atomic mass is 9.92. The van der Waals surface area contributed by atoms with Crippen LogP contribution in [0.25, 0.3) is 0 Å². The summed E-state index contributed by atoms with van der Waals surface area (Å²) in [5.41, 5.74) is 2.19. The van der Waals surface area contributed by atoms with E-state index in [0.717, 1.165) is 28.4 Å². The maximum Gasteiger partial charge on any atom is 0.252 e. The van der Waals surface area contributed by atoms with Crippen molar-refractivity contribution in [3.05, 3.63) is 33.8 Å². The SMILES string of the molecule is Cc1cccc(C(=O)NC2CCC(C)(C)C2)c1Br. The van der Waals surface area contributed by atoms with E-state index in [1.807, 2.05) is 25.1 Å². The molecule has 0 aromatic heterocycles. The molecule has 0 aliphatic heterocycles. The average Bonchev–Trinajstić information content (AvgIpc) is 2.62. The van der Waals surface area contributed by atoms with Crippen molar-refractivity contribution in [2.45, 2.75) is 46.1 Å². The molecule has 1 aliphatic carbocycles. The van der Waals surface area contributed by atoms with Gasteiger partial charge < -0.3 is 5.32 Å². The lowest BCUT2D eigenvalue weighted by molar-refractivity contribution is 0.0935. The topological polar surface area (TPSA) is 29.1 Å². The summed E-state index contributed by atoms with van der Waals surface area (Å²) in [6.45, 7) is 6.53. The third-order valence-corrected chi connectivity index (χ3v) is 4.79. The Morgan fingerprint density at radius 3 is 2.78 bits per heavy atom. The quantitative estimate of drug-likeness (QED) is 0.876. The van der Waals surface area contributed by atoms with Gasteiger partial charge in [-0.2, -0.15) is 0 Å². The number of benzene rings is 1. The van der Waals surface area contributed by atoms with Crippen molar-refractivity contribution >= 4 is 21.8 Å². The van der Waals surface area contributed by atoms with E-state index in [9.17, 15) is 4.79 Å². The van der Waals surface area contributed by atoms with Gasteiger partial charge in [0.15, 0.2) is 0 Å². The molecular weight excluding hydrogens is 290 g/mol. The monoisotopic (exact) mass is 309 g/mol. The Hall–Kier alpha value is -0.830. The lowest BCUT2D eigenvalue weighted by Crippen LogP contribution is -2.33. The molecule has 0 bridgehead atoms. The zero-order chi connectivity index (χ0) is 13.3. The summed E-state index contributed by atoms with van der Waals surface area (Å²) in [7, 11) is 0. The van der Waals surface area contributed by atoms with Crippen LogP contribution in [0, 0.1) is 12.3 Å². The van der Waals surface area contributed by atoms with Crippen LogP contribution in [-0.4, -0.2) is 11.9 Å². The van der Waals surface area contributed by atoms with Crippen LogP contribution in [0.5, 0.6) is 0 Å². The predicted molar refractivity (Wildman–Crippen MR) is 77.8 cm³/mol. The summed E-state index contributed by atoms with van der Waals surface area (Å²) >= 11 is 3.49. The smallest absolute Gasteiger partial charge is 0.252 e. The molecule has 1 fully saturated rings. The molecule has 1 amide bonds. The molecule has 0 spiro atoms. The van der Waals surface area contributed by atoms with Crippen molar-refractivity contribution < 1.29 is 4.79 Å². The molecule has 0 heterocycles. The first-order chi connectivity index (χ1) is 8.39. The summed E-state index contributed by atoms with van der Waals surface area (Å²) in [6.07, 6.45) is 3.34. The van der Waals surface area contributed by atoms with Crippen molar-refractivity contribution in [2.24, 2.45) is 5.41 Å². The Bertz CT molecular complexity index is 468. The highest BCUT2D eigenvalue weighted by Gasteiger charge is 2.32. The standard InChI is InChI=1S/C15H20BrNO/c1-10-5-4-6-12(13(10)16)14(18)17-11-7-8-15(2,3)9-11/h4-6,11H,7-9H2,1-3H3,(H,17,18). The number of hydrogen-bond donors (Lipinski definition) is 1. The number of carbonyl (C=O) groups excluding carboxylic acids is 1. The molecule has 2 rings (SSSR count). The van der Waals surface area contributed by atoms with Gasteiger partial charge in [0, 0.05) is 10.5 Å². The van der Waals surface area contributed by atoms with Gasteiger partial charge in [-0.15, -0.1) is 0 Å². The van der Waals surface area contributed by atoms with Crippen molar-refractivity contribution in [3.8, 4) is 0 Å². The van der Waals surface area contributed by atoms with E-state index in [-0.39, 0.29) is 5.91 Å². The molecular formula is C15H20BrNO. The number of carbonyl (C=O) groups is 1. The van der Waals surface area contributed by atoms with Gasteiger partial charge in [0.05, 0.1) is 5.56 Å². The molecule has 1 unspecified atom stereocenters. The van der Waals surface area contributed by atoms with E-state index < -0.39 is 0 Å². The van der Waals surface area contributed by atoms with Gasteiger partial charge in [0.2, 0.25) is 0 Å². The molecule has 2 nitrogen and oxygen atoms in total. The molecule has 0 radical (unpaired) electrons. The van der Waals surface area contributed by atoms with Gasteiger partial charge in [-0.25, -0.2) is 0 Å². The zero-order valence-corrected chi connectivity index (χ0v) is 12.8. The normalized spacial score (nSPS) is 21.9. The number of halogens is 1. The largest absolute Gasteiger partial charge is 0.349 e. The molecule has 1 N–H and O–H groups in total. The van der Waals surface area contributed by atoms with E-state index in [4.69, 9.17) is 0 Å². The van der Waals surface area contributed by atoms with E-state index in [1.165, 1.54) is 6.42 Å². The Morgan fingerprint density at radius 1 is 1.44 bits per heavy atom. The van der Waals surface area contributed by atoms with Gasteiger partial charge in [-0.1, -0.05) is 26.0 Å². The van der Waals surface area contributed by atoms with E-state index in [0.29, 0.717) is 11.5 Å². The summed E-state index contributed by atoms with van der Waals surface area (Å²) in [5.74, 6) is 0.0354. The molecule has 1 aromatic rings. The van der Waals surface area contributed by atoms with Crippen LogP contribution in [0.15, 0.2) is 22.7 Å². The Labute approximate surface area is 117 Å². The van der Waals surface area contributed by atoms with Crippen LogP contribution in [0.3, 0.4) is 0 Å². The van der Waals surface area contributed by atoms with Crippen LogP contribution in [0.1, 0.15) is 49.0 Å². The van der Waals surface area contributed by atoms with Gasteiger partial charge in [-0.3, -0.25) is 4.79 Å². The highest BCUT2D eigenvalue weighted by atomic mass is 79.9. The summed E-state index contributed by atoms with van der Waals surface area (Å²) < 4.78 is 0.903. The summed E-state index contributed by atoms with van der Waals surface area (Å²) in [6, 6.07) is 6.11. The molecule has 0 saturated heterocycles. The molecule has 1 aromatic carbocycles. The van der Waals surface area contributed by atoms with Crippen LogP contribution in [0.2, 0.25) is 0 Å². The minimum Gasteiger partial charge on any atom is -0.349 e. The fourth-order valence-electron chi connectivity index (χ4n) is 2.65. The van der Waals surface area contributed by atoms with E-state index >= 15 is 0 Å². The zero-order valence-electron chi connectivity index (χ0n) is 11.2. The van der Waals surface area contributed by atoms with Gasteiger partial charge in [0.1, 0.15) is 0 Å². The fourth-order valence-corrected chi connectivity index (χ4v) is 3.09. The van der Waals surface area contributed by atoms with Crippen molar-refractivity contribution in [1.29, 1.82) is 0 Å². The fraction of sp³-hybridized carbons (Fsp3) is 0.533. The number of rotatable bonds is 2. The minimum atomic E-state index is 0.0354. The number of aryl methyl sites for hydroxylation is 1. The van der Waals surface area contributed by atoms with Crippen molar-refractivity contribution in [3.63, 3.8) is 0 Å². The van der Waals surface area contributed by atoms with E-state index in [1.54, 1.807) is 0 Å². The molecule has 1 atom stereocenters. The van der Waals surface area contributed by atoms with Crippen LogP contribution in [0.4, 0.5) is 0 Å². The van der Waals surface area contributed by atoms with Gasteiger partial charge in [-0.05, 0) is 59.2 Å². The third-order valence-electron chi connectivity index (χ3n) is 3.74. The first-order valence-electron chi connectivity index (χ1n) is 6.45. The Morgan fingerprint density at radius 2 is 2.17 bits per heavy atom. The van der Waals surface area contributed by atoms with Gasteiger partial charge in [0.25, 0.3) is 5.91 Å². The number of nitrogens with one attached hydrogen (secondary N) is 1. The minimum absolute atomic E-state index is 0.0354. The van der Waals surface area contributed by atoms with Crippen LogP contribution in [-0.2, 0) is 0 Å². The maximum atomic E-state index is 12.2. The second-order valence-electron chi connectivity index (χ2n) is 6.01. The maximum absolute atomic E-state index is 12.2. The molecule has 1 aliphatic rings. The average molecular weight is 310 g/mol. The second-order valence-corrected chi connectivity index (χ2v) is 6.81. The highest BCUT2D eigenvalue weighted by Crippen LogP contribution is 2.37. The van der Waals surface area contributed by atoms with Crippen LogP contribution < -0.4 is 5.32 Å². The van der Waals surface area contributed by atoms with Crippen molar-refractivity contribution in [2.75, 3.05) is 0 Å². The molecule has 98 valence electrons. The van der Waals surface area contributed by atoms with Crippen LogP contribution >= 0.6 is 15.9 Å². The third kappa shape index (κ3) is 2.94. The lowest BCUT2D eigenvalue weighted by Gasteiger charge is -2.18. The summed E-state index contributed by atoms with van der Waals surface area (Å²) in [5, 5.41) is 3.15. The number of amides is 1. The predicted octanol–water partition coefficient (Wildman–Crippen LogP) is 4.07. The molecule has 18 heavy (non-hydrogen) atoms. The Kier molecular flexibility index (Phi) is 3.81.